The van der Waals surface area contributed by atoms with Crippen LogP contribution in [-0.4, -0.2) is 28.7 Å². The van der Waals surface area contributed by atoms with Crippen molar-refractivity contribution in [2.45, 2.75) is 26.3 Å². The van der Waals surface area contributed by atoms with E-state index in [4.69, 9.17) is 11.6 Å². The van der Waals surface area contributed by atoms with Crippen molar-refractivity contribution < 1.29 is 19.5 Å². The van der Waals surface area contributed by atoms with Gasteiger partial charge in [-0.25, -0.2) is 4.79 Å². The Kier molecular flexibility index (Phi) is 4.66. The number of hydrogen-bond acceptors (Lipinski definition) is 4. The molecule has 0 saturated carbocycles. The minimum atomic E-state index is -1.09. The van der Waals surface area contributed by atoms with Gasteiger partial charge in [-0.05, 0) is 12.3 Å². The Morgan fingerprint density at radius 3 is 2.23 bits per heavy atom. The predicted molar refractivity (Wildman–Crippen MR) is 82.0 cm³/mol. The van der Waals surface area contributed by atoms with Crippen molar-refractivity contribution in [3.8, 4) is 0 Å². The fourth-order valence-corrected chi connectivity index (χ4v) is 2.58. The van der Waals surface area contributed by atoms with Crippen LogP contribution >= 0.6 is 11.6 Å². The summed E-state index contributed by atoms with van der Waals surface area (Å²) >= 11 is 5.99. The SMILES string of the molecule is CC(C)CC(NC1=C(Cl)C(=O)c2ccccc2C1=O)C(=O)O. The highest BCUT2D eigenvalue weighted by Crippen LogP contribution is 2.27. The van der Waals surface area contributed by atoms with Crippen LogP contribution in [0.3, 0.4) is 0 Å². The molecule has 0 amide bonds. The van der Waals surface area contributed by atoms with Gasteiger partial charge in [0.1, 0.15) is 16.8 Å². The van der Waals surface area contributed by atoms with Crippen molar-refractivity contribution >= 4 is 29.1 Å². The molecule has 0 spiro atoms. The van der Waals surface area contributed by atoms with Gasteiger partial charge in [-0.2, -0.15) is 0 Å². The van der Waals surface area contributed by atoms with Crippen LogP contribution in [-0.2, 0) is 4.79 Å². The molecule has 0 heterocycles. The lowest BCUT2D eigenvalue weighted by Crippen LogP contribution is -2.41. The molecule has 0 fully saturated rings. The highest BCUT2D eigenvalue weighted by atomic mass is 35.5. The first kappa shape index (κ1) is 16.2. The third-order valence-corrected chi connectivity index (χ3v) is 3.75. The van der Waals surface area contributed by atoms with Crippen LogP contribution in [0.25, 0.3) is 0 Å². The molecule has 0 bridgehead atoms. The highest BCUT2D eigenvalue weighted by Gasteiger charge is 2.33. The minimum absolute atomic E-state index is 0.106. The van der Waals surface area contributed by atoms with Gasteiger partial charge in [-0.15, -0.1) is 0 Å². The van der Waals surface area contributed by atoms with E-state index in [-0.39, 0.29) is 27.8 Å². The summed E-state index contributed by atoms with van der Waals surface area (Å²) in [6.07, 6.45) is 0.312. The number of aliphatic carboxylic acids is 1. The Morgan fingerprint density at radius 2 is 1.73 bits per heavy atom. The molecule has 1 aliphatic rings. The molecule has 1 atom stereocenters. The average molecular weight is 322 g/mol. The number of nitrogens with one attached hydrogen (secondary N) is 1. The number of carboxylic acid groups (broad SMARTS) is 1. The zero-order valence-electron chi connectivity index (χ0n) is 12.2. The van der Waals surface area contributed by atoms with Crippen molar-refractivity contribution in [2.75, 3.05) is 0 Å². The first-order valence-electron chi connectivity index (χ1n) is 6.90. The maximum Gasteiger partial charge on any atom is 0.326 e. The molecule has 1 aromatic rings. The zero-order chi connectivity index (χ0) is 16.4. The number of fused-ring (bicyclic) bond motifs is 1. The third kappa shape index (κ3) is 3.04. The van der Waals surface area contributed by atoms with Gasteiger partial charge in [0.05, 0.1) is 0 Å². The molecule has 6 heteroatoms. The molecule has 1 aromatic carbocycles. The summed E-state index contributed by atoms with van der Waals surface area (Å²) in [5.74, 6) is -1.93. The number of carboxylic acids is 1. The molecule has 2 rings (SSSR count). The summed E-state index contributed by atoms with van der Waals surface area (Å²) < 4.78 is 0. The van der Waals surface area contributed by atoms with Crippen molar-refractivity contribution in [2.24, 2.45) is 5.92 Å². The van der Waals surface area contributed by atoms with E-state index in [0.717, 1.165) is 0 Å². The number of ketones is 2. The maximum atomic E-state index is 12.5. The van der Waals surface area contributed by atoms with Crippen LogP contribution in [0.1, 0.15) is 41.0 Å². The summed E-state index contributed by atoms with van der Waals surface area (Å²) in [6.45, 7) is 3.74. The predicted octanol–water partition coefficient (Wildman–Crippen LogP) is 2.60. The summed E-state index contributed by atoms with van der Waals surface area (Å²) in [5.41, 5.74) is 0.324. The number of rotatable bonds is 5. The molecule has 2 N–H and O–H groups in total. The second-order valence-corrected chi connectivity index (χ2v) is 5.94. The third-order valence-electron chi connectivity index (χ3n) is 3.39. The molecule has 1 unspecified atom stereocenters. The highest BCUT2D eigenvalue weighted by molar-refractivity contribution is 6.49. The molecule has 0 aliphatic heterocycles. The topological polar surface area (TPSA) is 83.5 Å². The Balaban J connectivity index is 2.38. The smallest absolute Gasteiger partial charge is 0.326 e. The maximum absolute atomic E-state index is 12.5. The van der Waals surface area contributed by atoms with Gasteiger partial charge < -0.3 is 10.4 Å². The van der Waals surface area contributed by atoms with E-state index in [1.807, 2.05) is 13.8 Å². The number of carbonyl (C=O) groups is 3. The molecule has 0 radical (unpaired) electrons. The van der Waals surface area contributed by atoms with Crippen molar-refractivity contribution in [3.05, 3.63) is 46.1 Å². The van der Waals surface area contributed by atoms with E-state index < -0.39 is 23.6 Å². The van der Waals surface area contributed by atoms with E-state index >= 15 is 0 Å². The van der Waals surface area contributed by atoms with Gasteiger partial charge in [-0.3, -0.25) is 9.59 Å². The molecule has 0 aromatic heterocycles. The van der Waals surface area contributed by atoms with Crippen LogP contribution in [0.15, 0.2) is 35.0 Å². The number of allylic oxidation sites excluding steroid dienone is 2. The zero-order valence-corrected chi connectivity index (χ0v) is 13.0. The fraction of sp³-hybridized carbons (Fsp3) is 0.312. The molecular formula is C16H16ClNO4. The van der Waals surface area contributed by atoms with E-state index in [1.165, 1.54) is 12.1 Å². The lowest BCUT2D eigenvalue weighted by molar-refractivity contribution is -0.139. The molecular weight excluding hydrogens is 306 g/mol. The van der Waals surface area contributed by atoms with Gasteiger partial charge in [0.25, 0.3) is 0 Å². The number of hydrogen-bond donors (Lipinski definition) is 2. The number of carbonyl (C=O) groups excluding carboxylic acids is 2. The summed E-state index contributed by atoms with van der Waals surface area (Å²) in [4.78, 5) is 36.0. The van der Waals surface area contributed by atoms with Gasteiger partial charge in [0.2, 0.25) is 11.6 Å². The van der Waals surface area contributed by atoms with Crippen LogP contribution in [0.4, 0.5) is 0 Å². The Hall–Kier alpha value is -2.14. The van der Waals surface area contributed by atoms with Crippen molar-refractivity contribution in [1.29, 1.82) is 0 Å². The number of benzene rings is 1. The Labute approximate surface area is 133 Å². The Morgan fingerprint density at radius 1 is 1.18 bits per heavy atom. The first-order valence-corrected chi connectivity index (χ1v) is 7.28. The molecule has 0 saturated heterocycles. The van der Waals surface area contributed by atoms with Crippen molar-refractivity contribution in [1.82, 2.24) is 5.32 Å². The summed E-state index contributed by atoms with van der Waals surface area (Å²) in [6, 6.07) is 5.36. The van der Waals surface area contributed by atoms with Gasteiger partial charge in [0.15, 0.2) is 0 Å². The van der Waals surface area contributed by atoms with Gasteiger partial charge in [0, 0.05) is 11.1 Å². The van der Waals surface area contributed by atoms with Gasteiger partial charge >= 0.3 is 5.97 Å². The van der Waals surface area contributed by atoms with E-state index in [1.54, 1.807) is 12.1 Å². The summed E-state index contributed by atoms with van der Waals surface area (Å²) in [5, 5.41) is 11.6. The molecule has 116 valence electrons. The molecule has 5 nitrogen and oxygen atoms in total. The molecule has 22 heavy (non-hydrogen) atoms. The Bertz CT molecular complexity index is 678. The van der Waals surface area contributed by atoms with Gasteiger partial charge in [-0.1, -0.05) is 49.7 Å². The number of halogens is 1. The van der Waals surface area contributed by atoms with Crippen LogP contribution in [0.5, 0.6) is 0 Å². The van der Waals surface area contributed by atoms with E-state index in [0.29, 0.717) is 6.42 Å². The normalized spacial score (nSPS) is 15.8. The molecule has 1 aliphatic carbocycles. The lowest BCUT2D eigenvalue weighted by Gasteiger charge is -2.23. The van der Waals surface area contributed by atoms with Crippen LogP contribution in [0, 0.1) is 5.92 Å². The second kappa shape index (κ2) is 6.32. The quantitative estimate of drug-likeness (QED) is 0.871. The van der Waals surface area contributed by atoms with E-state index in [2.05, 4.69) is 5.32 Å². The van der Waals surface area contributed by atoms with Crippen LogP contribution in [0.2, 0.25) is 0 Å². The second-order valence-electron chi connectivity index (χ2n) is 5.56. The monoisotopic (exact) mass is 321 g/mol. The number of Topliss-reactive ketones (excluding diaryl/α,β-unsaturated/α-hetero) is 2. The van der Waals surface area contributed by atoms with E-state index in [9.17, 15) is 19.5 Å². The van der Waals surface area contributed by atoms with Crippen LogP contribution < -0.4 is 5.32 Å². The average Bonchev–Trinajstić information content (AvgIpc) is 2.47. The minimum Gasteiger partial charge on any atom is -0.480 e. The van der Waals surface area contributed by atoms with Crippen molar-refractivity contribution in [3.63, 3.8) is 0 Å². The first-order chi connectivity index (χ1) is 10.3. The standard InChI is InChI=1S/C16H16ClNO4/c1-8(2)7-11(16(21)22)18-13-12(17)14(19)9-5-3-4-6-10(9)15(13)20/h3-6,8,11,18H,7H2,1-2H3,(H,21,22). The summed E-state index contributed by atoms with van der Waals surface area (Å²) in [7, 11) is 0. The lowest BCUT2D eigenvalue weighted by atomic mass is 9.91. The fourth-order valence-electron chi connectivity index (χ4n) is 2.34. The largest absolute Gasteiger partial charge is 0.480 e.